The van der Waals surface area contributed by atoms with Gasteiger partial charge in [0.1, 0.15) is 5.54 Å². The first kappa shape index (κ1) is 14.5. The Bertz CT molecular complexity index is 572. The van der Waals surface area contributed by atoms with Crippen molar-refractivity contribution >= 4 is 11.6 Å². The van der Waals surface area contributed by atoms with Crippen molar-refractivity contribution in [3.8, 4) is 0 Å². The van der Waals surface area contributed by atoms with Gasteiger partial charge in [-0.1, -0.05) is 13.8 Å². The number of hydrogen-bond donors (Lipinski definition) is 2. The maximum absolute atomic E-state index is 12.8. The van der Waals surface area contributed by atoms with Gasteiger partial charge >= 0.3 is 0 Å². The summed E-state index contributed by atoms with van der Waals surface area (Å²) >= 11 is 0. The summed E-state index contributed by atoms with van der Waals surface area (Å²) in [5.41, 5.74) is 7.00. The van der Waals surface area contributed by atoms with Crippen molar-refractivity contribution < 1.29 is 9.53 Å². The van der Waals surface area contributed by atoms with Crippen LogP contribution in [0.3, 0.4) is 0 Å². The van der Waals surface area contributed by atoms with E-state index in [1.165, 1.54) is 0 Å². The van der Waals surface area contributed by atoms with E-state index >= 15 is 0 Å². The quantitative estimate of drug-likeness (QED) is 0.871. The molecule has 114 valence electrons. The number of aryl methyl sites for hydroxylation is 1. The number of nitrogens with two attached hydrogens (primary N) is 1. The minimum atomic E-state index is -0.887. The van der Waals surface area contributed by atoms with Gasteiger partial charge in [0, 0.05) is 24.1 Å². The molecule has 1 saturated carbocycles. The average Bonchev–Trinajstić information content (AvgIpc) is 2.46. The molecular formula is C16H23N3O2. The molecular weight excluding hydrogens is 266 g/mol. The molecule has 3 N–H and O–H groups in total. The molecule has 5 heteroatoms. The summed E-state index contributed by atoms with van der Waals surface area (Å²) in [7, 11) is 0. The summed E-state index contributed by atoms with van der Waals surface area (Å²) in [6.07, 6.45) is 5.40. The van der Waals surface area contributed by atoms with Crippen LogP contribution in [0.25, 0.3) is 0 Å². The number of carbonyl (C=O) groups excluding carboxylic acids is 1. The van der Waals surface area contributed by atoms with Crippen molar-refractivity contribution in [3.05, 3.63) is 24.0 Å². The van der Waals surface area contributed by atoms with Crippen LogP contribution in [0, 0.1) is 18.3 Å². The summed E-state index contributed by atoms with van der Waals surface area (Å²) < 4.78 is 5.83. The Morgan fingerprint density at radius 3 is 2.95 bits per heavy atom. The van der Waals surface area contributed by atoms with E-state index in [1.54, 1.807) is 12.4 Å². The molecule has 0 radical (unpaired) electrons. The number of ether oxygens (including phenoxy) is 1. The highest BCUT2D eigenvalue weighted by Crippen LogP contribution is 2.57. The summed E-state index contributed by atoms with van der Waals surface area (Å²) in [6, 6.07) is 1.90. The lowest BCUT2D eigenvalue weighted by Crippen LogP contribution is -2.81. The molecule has 2 heterocycles. The minimum absolute atomic E-state index is 0.0811. The predicted molar refractivity (Wildman–Crippen MR) is 80.8 cm³/mol. The molecule has 0 bridgehead atoms. The molecule has 0 spiro atoms. The topological polar surface area (TPSA) is 77.2 Å². The molecule has 1 aromatic rings. The number of anilines is 1. The number of nitrogens with zero attached hydrogens (tertiary/aromatic N) is 1. The Labute approximate surface area is 125 Å². The normalized spacial score (nSPS) is 33.7. The zero-order chi connectivity index (χ0) is 15.3. The molecule has 2 fully saturated rings. The third kappa shape index (κ3) is 1.99. The van der Waals surface area contributed by atoms with Crippen LogP contribution in [0.1, 0.15) is 32.3 Å². The van der Waals surface area contributed by atoms with Crippen molar-refractivity contribution in [2.75, 3.05) is 11.9 Å². The number of pyridine rings is 1. The van der Waals surface area contributed by atoms with Gasteiger partial charge in [0.2, 0.25) is 5.91 Å². The van der Waals surface area contributed by atoms with E-state index in [9.17, 15) is 4.79 Å². The molecule has 1 aliphatic heterocycles. The fraction of sp³-hybridized carbons (Fsp3) is 0.625. The number of rotatable bonds is 2. The summed E-state index contributed by atoms with van der Waals surface area (Å²) in [4.78, 5) is 16.9. The number of fused-ring (bicyclic) bond motifs is 1. The Kier molecular flexibility index (Phi) is 3.30. The molecule has 3 unspecified atom stereocenters. The molecule has 0 aromatic carbocycles. The second kappa shape index (κ2) is 4.78. The van der Waals surface area contributed by atoms with Crippen LogP contribution in [0.4, 0.5) is 5.69 Å². The fourth-order valence-electron chi connectivity index (χ4n) is 3.89. The van der Waals surface area contributed by atoms with Gasteiger partial charge in [-0.05, 0) is 31.4 Å². The highest BCUT2D eigenvalue weighted by molar-refractivity contribution is 6.00. The van der Waals surface area contributed by atoms with Crippen LogP contribution in [-0.4, -0.2) is 29.1 Å². The molecule has 1 amide bonds. The second-order valence-electron chi connectivity index (χ2n) is 6.84. The van der Waals surface area contributed by atoms with Crippen molar-refractivity contribution in [2.24, 2.45) is 17.1 Å². The molecule has 1 aliphatic carbocycles. The summed E-state index contributed by atoms with van der Waals surface area (Å²) in [5, 5.41) is 2.93. The van der Waals surface area contributed by atoms with Gasteiger partial charge in [-0.3, -0.25) is 9.78 Å². The molecule has 5 nitrogen and oxygen atoms in total. The first-order chi connectivity index (χ1) is 9.87. The van der Waals surface area contributed by atoms with Gasteiger partial charge in [0.25, 0.3) is 0 Å². The maximum Gasteiger partial charge on any atom is 0.245 e. The van der Waals surface area contributed by atoms with Crippen LogP contribution in [0.5, 0.6) is 0 Å². The lowest BCUT2D eigenvalue weighted by Gasteiger charge is -2.65. The maximum atomic E-state index is 12.8. The molecule has 21 heavy (non-hydrogen) atoms. The highest BCUT2D eigenvalue weighted by Gasteiger charge is 2.70. The van der Waals surface area contributed by atoms with E-state index in [0.29, 0.717) is 5.69 Å². The monoisotopic (exact) mass is 289 g/mol. The third-order valence-corrected chi connectivity index (χ3v) is 5.19. The van der Waals surface area contributed by atoms with E-state index in [1.807, 2.05) is 26.8 Å². The van der Waals surface area contributed by atoms with Crippen molar-refractivity contribution in [1.29, 1.82) is 0 Å². The zero-order valence-corrected chi connectivity index (χ0v) is 12.8. The molecule has 3 rings (SSSR count). The molecule has 3 atom stereocenters. The number of amides is 1. The van der Waals surface area contributed by atoms with E-state index in [0.717, 1.165) is 25.0 Å². The molecule has 2 aliphatic rings. The Balaban J connectivity index is 1.83. The lowest BCUT2D eigenvalue weighted by molar-refractivity contribution is -0.222. The Hall–Kier alpha value is -1.46. The van der Waals surface area contributed by atoms with Crippen LogP contribution in [-0.2, 0) is 9.53 Å². The van der Waals surface area contributed by atoms with Crippen LogP contribution in [0.15, 0.2) is 18.5 Å². The van der Waals surface area contributed by atoms with Gasteiger partial charge < -0.3 is 15.8 Å². The molecule has 1 saturated heterocycles. The number of carbonyl (C=O) groups is 1. The first-order valence-corrected chi connectivity index (χ1v) is 7.51. The van der Waals surface area contributed by atoms with Gasteiger partial charge in [-0.15, -0.1) is 0 Å². The zero-order valence-electron chi connectivity index (χ0n) is 12.8. The van der Waals surface area contributed by atoms with E-state index < -0.39 is 5.54 Å². The lowest BCUT2D eigenvalue weighted by atomic mass is 9.46. The van der Waals surface area contributed by atoms with Gasteiger partial charge in [0.15, 0.2) is 0 Å². The van der Waals surface area contributed by atoms with Crippen LogP contribution >= 0.6 is 0 Å². The van der Waals surface area contributed by atoms with E-state index in [2.05, 4.69) is 10.3 Å². The van der Waals surface area contributed by atoms with Gasteiger partial charge in [-0.2, -0.15) is 0 Å². The molecule has 1 aromatic heterocycles. The minimum Gasteiger partial charge on any atom is -0.377 e. The van der Waals surface area contributed by atoms with E-state index in [4.69, 9.17) is 10.5 Å². The Morgan fingerprint density at radius 1 is 1.48 bits per heavy atom. The Morgan fingerprint density at radius 2 is 2.24 bits per heavy atom. The third-order valence-electron chi connectivity index (χ3n) is 5.19. The van der Waals surface area contributed by atoms with E-state index in [-0.39, 0.29) is 23.3 Å². The summed E-state index contributed by atoms with van der Waals surface area (Å²) in [6.45, 7) is 6.75. The predicted octanol–water partition coefficient (Wildman–Crippen LogP) is 1.86. The fourth-order valence-corrected chi connectivity index (χ4v) is 3.89. The highest BCUT2D eigenvalue weighted by atomic mass is 16.5. The van der Waals surface area contributed by atoms with Crippen LogP contribution < -0.4 is 11.1 Å². The first-order valence-electron chi connectivity index (χ1n) is 7.51. The number of nitrogens with one attached hydrogen (secondary N) is 1. The SMILES string of the molecule is Cc1cncc(NC(=O)C2(N)C3CCCOC3C2(C)C)c1. The van der Waals surface area contributed by atoms with Crippen LogP contribution in [0.2, 0.25) is 0 Å². The number of aromatic nitrogens is 1. The average molecular weight is 289 g/mol. The van der Waals surface area contributed by atoms with Crippen molar-refractivity contribution in [1.82, 2.24) is 4.98 Å². The van der Waals surface area contributed by atoms with Crippen molar-refractivity contribution in [2.45, 2.75) is 45.3 Å². The smallest absolute Gasteiger partial charge is 0.245 e. The largest absolute Gasteiger partial charge is 0.377 e. The van der Waals surface area contributed by atoms with Gasteiger partial charge in [0.05, 0.1) is 18.0 Å². The standard InChI is InChI=1S/C16H23N3O2/c1-10-7-11(9-18-8-10)19-14(20)16(17)12-5-4-6-21-13(12)15(16,2)3/h7-9,12-13H,4-6,17H2,1-3H3,(H,19,20). The second-order valence-corrected chi connectivity index (χ2v) is 6.84. The summed E-state index contributed by atoms with van der Waals surface area (Å²) in [5.74, 6) is -0.0364. The van der Waals surface area contributed by atoms with Gasteiger partial charge in [-0.25, -0.2) is 0 Å². The van der Waals surface area contributed by atoms with Crippen molar-refractivity contribution in [3.63, 3.8) is 0 Å². The number of hydrogen-bond acceptors (Lipinski definition) is 4.